The van der Waals surface area contributed by atoms with Crippen molar-refractivity contribution in [3.05, 3.63) is 69.3 Å². The summed E-state index contributed by atoms with van der Waals surface area (Å²) in [6.07, 6.45) is 3.34. The van der Waals surface area contributed by atoms with Crippen molar-refractivity contribution in [2.45, 2.75) is 80.1 Å². The summed E-state index contributed by atoms with van der Waals surface area (Å²) in [5.41, 5.74) is 16.4. The lowest BCUT2D eigenvalue weighted by Crippen LogP contribution is -2.00. The first-order valence-electron chi connectivity index (χ1n) is 15.4. The molecule has 0 aromatic carbocycles. The Morgan fingerprint density at radius 3 is 1.39 bits per heavy atom. The van der Waals surface area contributed by atoms with E-state index in [-0.39, 0.29) is 24.8 Å². The van der Waals surface area contributed by atoms with Crippen LogP contribution in [0.15, 0.2) is 24.3 Å². The number of ether oxygens (including phenoxy) is 2. The zero-order valence-corrected chi connectivity index (χ0v) is 27.1. The molecule has 2 aliphatic heterocycles. The standard InChI is InChI=1S/C36H42N4O4/c1-9-23-19(3)29-16-33-25(11-13-35(41)43-7)21(5)27(39-33)15-28-22(6)26(12-14-36(42)44-8)34(40-28)17-30-20(4)24(10-2)32(38-30)18-31(23)37-29/h15-18,37-38H,9-14H2,1-8H3. The van der Waals surface area contributed by atoms with Gasteiger partial charge in [0.25, 0.3) is 0 Å². The Kier molecular flexibility index (Phi) is 8.90. The maximum Gasteiger partial charge on any atom is 0.305 e. The highest BCUT2D eigenvalue weighted by Gasteiger charge is 2.22. The van der Waals surface area contributed by atoms with Crippen LogP contribution in [-0.2, 0) is 31.9 Å². The van der Waals surface area contributed by atoms with Gasteiger partial charge in [-0.2, -0.15) is 0 Å². The molecule has 8 heteroatoms. The van der Waals surface area contributed by atoms with Gasteiger partial charge in [-0.25, -0.2) is 9.97 Å². The Morgan fingerprint density at radius 2 is 1.02 bits per heavy atom. The summed E-state index contributed by atoms with van der Waals surface area (Å²) < 4.78 is 9.90. The summed E-state index contributed by atoms with van der Waals surface area (Å²) in [5, 5.41) is 0. The Bertz CT molecular complexity index is 1750. The van der Waals surface area contributed by atoms with Crippen molar-refractivity contribution in [2.75, 3.05) is 14.2 Å². The van der Waals surface area contributed by atoms with Gasteiger partial charge in [-0.15, -0.1) is 0 Å². The average Bonchev–Trinajstić information content (AvgIpc) is 3.67. The van der Waals surface area contributed by atoms with Crippen LogP contribution >= 0.6 is 0 Å². The van der Waals surface area contributed by atoms with Gasteiger partial charge in [-0.05, 0) is 122 Å². The Labute approximate surface area is 258 Å². The fraction of sp³-hybridized carbons (Fsp3) is 0.389. The minimum atomic E-state index is -0.252. The molecular weight excluding hydrogens is 552 g/mol. The molecule has 8 bridgehead atoms. The van der Waals surface area contributed by atoms with Crippen molar-refractivity contribution >= 4 is 56.3 Å². The molecule has 2 aliphatic rings. The lowest BCUT2D eigenvalue weighted by molar-refractivity contribution is -0.141. The van der Waals surface area contributed by atoms with Crippen LogP contribution in [0, 0.1) is 13.8 Å². The summed E-state index contributed by atoms with van der Waals surface area (Å²) in [4.78, 5) is 41.8. The first-order chi connectivity index (χ1) is 21.1. The predicted octanol–water partition coefficient (Wildman–Crippen LogP) is 7.82. The zero-order valence-electron chi connectivity index (χ0n) is 27.1. The van der Waals surface area contributed by atoms with Crippen molar-refractivity contribution in [1.82, 2.24) is 19.9 Å². The Balaban J connectivity index is 1.87. The van der Waals surface area contributed by atoms with Crippen LogP contribution in [0.1, 0.15) is 98.4 Å². The third-order valence-electron chi connectivity index (χ3n) is 9.12. The number of methoxy groups -OCH3 is 2. The lowest BCUT2D eigenvalue weighted by Gasteiger charge is -2.04. The number of hydrogen-bond acceptors (Lipinski definition) is 6. The number of carbonyl (C=O) groups is 2. The summed E-state index contributed by atoms with van der Waals surface area (Å²) in [6, 6.07) is 8.45. The second-order valence-electron chi connectivity index (χ2n) is 11.5. The number of fused-ring (bicyclic) bond motifs is 8. The number of aryl methyl sites for hydroxylation is 4. The SMILES string of the molecule is CCc1c(C)c2cc3nc(cc4nc(cc5[nH]c(cc1[nH]2)c(CC)c5C)C(CCC(=O)OC)=C4C)C(C)=C3CCC(=O)OC. The molecule has 2 N–H and O–H groups in total. The summed E-state index contributed by atoms with van der Waals surface area (Å²) >= 11 is 0. The van der Waals surface area contributed by atoms with Gasteiger partial charge in [0.1, 0.15) is 0 Å². The topological polar surface area (TPSA) is 110 Å². The van der Waals surface area contributed by atoms with Crippen LogP contribution in [0.4, 0.5) is 0 Å². The van der Waals surface area contributed by atoms with Crippen LogP contribution in [0.3, 0.4) is 0 Å². The molecule has 0 atom stereocenters. The van der Waals surface area contributed by atoms with E-state index in [0.29, 0.717) is 12.8 Å². The number of aromatic amines is 2. The number of rotatable bonds is 8. The number of aromatic nitrogens is 4. The number of hydrogen-bond donors (Lipinski definition) is 2. The Morgan fingerprint density at radius 1 is 0.614 bits per heavy atom. The summed E-state index contributed by atoms with van der Waals surface area (Å²) in [7, 11) is 2.83. The van der Waals surface area contributed by atoms with Crippen molar-refractivity contribution in [1.29, 1.82) is 0 Å². The maximum atomic E-state index is 12.1. The van der Waals surface area contributed by atoms with Gasteiger partial charge in [0.2, 0.25) is 0 Å². The van der Waals surface area contributed by atoms with Gasteiger partial charge in [0.15, 0.2) is 0 Å². The smallest absolute Gasteiger partial charge is 0.305 e. The molecule has 0 aliphatic carbocycles. The molecule has 0 saturated heterocycles. The Hall–Kier alpha value is -4.46. The van der Waals surface area contributed by atoms with E-state index in [1.807, 2.05) is 6.07 Å². The van der Waals surface area contributed by atoms with Crippen molar-refractivity contribution in [3.8, 4) is 0 Å². The normalized spacial score (nSPS) is 13.1. The molecule has 3 aromatic rings. The van der Waals surface area contributed by atoms with E-state index in [4.69, 9.17) is 19.4 Å². The van der Waals surface area contributed by atoms with E-state index in [1.165, 1.54) is 36.5 Å². The number of nitrogens with one attached hydrogen (secondary N) is 2. The van der Waals surface area contributed by atoms with Gasteiger partial charge < -0.3 is 19.4 Å². The highest BCUT2D eigenvalue weighted by Crippen LogP contribution is 2.38. The molecule has 0 unspecified atom stereocenters. The summed E-state index contributed by atoms with van der Waals surface area (Å²) in [5.74, 6) is -0.504. The molecule has 0 radical (unpaired) electrons. The third kappa shape index (κ3) is 5.73. The molecule has 0 amide bonds. The predicted molar refractivity (Wildman–Crippen MR) is 177 cm³/mol. The number of H-pyrrole nitrogens is 2. The van der Waals surface area contributed by atoms with Gasteiger partial charge in [0.05, 0.1) is 37.0 Å². The average molecular weight is 595 g/mol. The van der Waals surface area contributed by atoms with E-state index in [0.717, 1.165) is 80.0 Å². The van der Waals surface area contributed by atoms with E-state index in [1.54, 1.807) is 0 Å². The first-order valence-corrected chi connectivity index (χ1v) is 15.4. The second-order valence-corrected chi connectivity index (χ2v) is 11.5. The van der Waals surface area contributed by atoms with Crippen LogP contribution in [0.5, 0.6) is 0 Å². The minimum absolute atomic E-state index is 0.252. The molecular formula is C36H42N4O4. The first kappa shape index (κ1) is 31.0. The van der Waals surface area contributed by atoms with Crippen LogP contribution < -0.4 is 0 Å². The van der Waals surface area contributed by atoms with Crippen molar-refractivity contribution in [2.24, 2.45) is 0 Å². The van der Waals surface area contributed by atoms with E-state index in [2.05, 4.69) is 69.7 Å². The van der Waals surface area contributed by atoms with Gasteiger partial charge >= 0.3 is 11.9 Å². The van der Waals surface area contributed by atoms with E-state index < -0.39 is 0 Å². The monoisotopic (exact) mass is 594 g/mol. The zero-order chi connectivity index (χ0) is 31.7. The third-order valence-corrected chi connectivity index (χ3v) is 9.12. The van der Waals surface area contributed by atoms with Gasteiger partial charge in [-0.3, -0.25) is 9.59 Å². The summed E-state index contributed by atoms with van der Waals surface area (Å²) in [6.45, 7) is 12.8. The van der Waals surface area contributed by atoms with E-state index in [9.17, 15) is 9.59 Å². The van der Waals surface area contributed by atoms with Crippen LogP contribution in [0.25, 0.3) is 44.4 Å². The lowest BCUT2D eigenvalue weighted by atomic mass is 9.99. The fourth-order valence-corrected chi connectivity index (χ4v) is 6.42. The number of allylic oxidation sites excluding steroid dienone is 4. The number of carbonyl (C=O) groups excluding carboxylic acids is 2. The van der Waals surface area contributed by atoms with Crippen molar-refractivity contribution in [3.63, 3.8) is 0 Å². The molecule has 0 spiro atoms. The minimum Gasteiger partial charge on any atom is -0.469 e. The van der Waals surface area contributed by atoms with E-state index >= 15 is 0 Å². The van der Waals surface area contributed by atoms with Crippen LogP contribution in [-0.4, -0.2) is 46.1 Å². The molecule has 5 rings (SSSR count). The number of nitrogens with zero attached hydrogens (tertiary/aromatic N) is 2. The number of esters is 2. The van der Waals surface area contributed by atoms with Crippen LogP contribution in [0.2, 0.25) is 0 Å². The quantitative estimate of drug-likeness (QED) is 0.257. The molecule has 0 fully saturated rings. The van der Waals surface area contributed by atoms with Gasteiger partial charge in [-0.1, -0.05) is 13.8 Å². The maximum absolute atomic E-state index is 12.1. The molecule has 3 aromatic heterocycles. The molecule has 0 saturated carbocycles. The second kappa shape index (κ2) is 12.6. The van der Waals surface area contributed by atoms with Gasteiger partial charge in [0, 0.05) is 34.9 Å². The fourth-order valence-electron chi connectivity index (χ4n) is 6.42. The molecule has 5 heterocycles. The molecule has 44 heavy (non-hydrogen) atoms. The molecule has 230 valence electrons. The molecule has 8 nitrogen and oxygen atoms in total. The highest BCUT2D eigenvalue weighted by molar-refractivity contribution is 5.96. The largest absolute Gasteiger partial charge is 0.469 e. The highest BCUT2D eigenvalue weighted by atomic mass is 16.5. The van der Waals surface area contributed by atoms with Crippen molar-refractivity contribution < 1.29 is 19.1 Å².